The Hall–Kier alpha value is -2.82. The van der Waals surface area contributed by atoms with Gasteiger partial charge in [0.15, 0.2) is 0 Å². The van der Waals surface area contributed by atoms with Gasteiger partial charge in [0, 0.05) is 23.4 Å². The fraction of sp³-hybridized carbons (Fsp3) is 0.273. The summed E-state index contributed by atoms with van der Waals surface area (Å²) in [6.45, 7) is 0.351. The Balaban J connectivity index is 1.68. The summed E-state index contributed by atoms with van der Waals surface area (Å²) in [7, 11) is 3.21. The second-order valence-corrected chi connectivity index (χ2v) is 8.26. The Labute approximate surface area is 184 Å². The number of ether oxygens (including phenoxy) is 2. The molecule has 1 fully saturated rings. The van der Waals surface area contributed by atoms with Crippen molar-refractivity contribution in [3.8, 4) is 17.6 Å². The molecule has 0 N–H and O–H groups in total. The van der Waals surface area contributed by atoms with Crippen molar-refractivity contribution in [3.05, 3.63) is 63.7 Å². The lowest BCUT2D eigenvalue weighted by Gasteiger charge is -2.42. The fourth-order valence-electron chi connectivity index (χ4n) is 3.78. The van der Waals surface area contributed by atoms with Crippen molar-refractivity contribution in [1.82, 2.24) is 4.90 Å². The molecule has 8 heteroatoms. The van der Waals surface area contributed by atoms with Crippen molar-refractivity contribution in [1.29, 1.82) is 5.26 Å². The second-order valence-electron chi connectivity index (χ2n) is 6.92. The van der Waals surface area contributed by atoms with Crippen LogP contribution in [0.15, 0.2) is 53.1 Å². The zero-order chi connectivity index (χ0) is 21.3. The molecule has 0 aromatic heterocycles. The summed E-state index contributed by atoms with van der Waals surface area (Å²) in [5.41, 5.74) is 2.27. The van der Waals surface area contributed by atoms with Gasteiger partial charge >= 0.3 is 0 Å². The molecule has 1 unspecified atom stereocenters. The fourth-order valence-corrected chi connectivity index (χ4v) is 5.21. The highest BCUT2D eigenvalue weighted by Gasteiger charge is 2.39. The first-order valence-electron chi connectivity index (χ1n) is 9.36. The third kappa shape index (κ3) is 3.57. The van der Waals surface area contributed by atoms with Gasteiger partial charge in [-0.2, -0.15) is 5.26 Å². The molecule has 2 aromatic rings. The third-order valence-corrected chi connectivity index (χ3v) is 6.80. The summed E-state index contributed by atoms with van der Waals surface area (Å²) in [5, 5.41) is 11.2. The summed E-state index contributed by atoms with van der Waals surface area (Å²) >= 11 is 7.85. The van der Waals surface area contributed by atoms with Crippen molar-refractivity contribution >= 4 is 35.0 Å². The molecule has 154 valence electrons. The highest BCUT2D eigenvalue weighted by molar-refractivity contribution is 8.03. The van der Waals surface area contributed by atoms with Crippen LogP contribution in [0.5, 0.6) is 11.5 Å². The molecular weight excluding hydrogens is 422 g/mol. The second kappa shape index (κ2) is 8.50. The Kier molecular flexibility index (Phi) is 5.80. The van der Waals surface area contributed by atoms with E-state index in [0.29, 0.717) is 39.7 Å². The van der Waals surface area contributed by atoms with Crippen molar-refractivity contribution in [2.45, 2.75) is 12.3 Å². The van der Waals surface area contributed by atoms with Gasteiger partial charge in [0.25, 0.3) is 0 Å². The minimum Gasteiger partial charge on any atom is -0.497 e. The molecule has 2 aromatic carbocycles. The maximum Gasteiger partial charge on any atom is 0.229 e. The number of nitriles is 1. The minimum atomic E-state index is -0.322. The molecule has 2 aliphatic rings. The molecule has 0 radical (unpaired) electrons. The summed E-state index contributed by atoms with van der Waals surface area (Å²) in [4.78, 5) is 16.8. The normalized spacial score (nSPS) is 18.7. The first-order chi connectivity index (χ1) is 14.6. The molecule has 4 rings (SSSR count). The van der Waals surface area contributed by atoms with E-state index < -0.39 is 0 Å². The molecular formula is C22H20ClN3O3S. The van der Waals surface area contributed by atoms with E-state index in [0.717, 1.165) is 11.3 Å². The topological polar surface area (TPSA) is 65.8 Å². The number of rotatable bonds is 4. The number of carbonyl (C=O) groups is 1. The Morgan fingerprint density at radius 1 is 1.20 bits per heavy atom. The number of benzene rings is 2. The van der Waals surface area contributed by atoms with Crippen LogP contribution in [-0.2, 0) is 4.79 Å². The van der Waals surface area contributed by atoms with Gasteiger partial charge in [0.05, 0.1) is 49.1 Å². The quantitative estimate of drug-likeness (QED) is 0.692. The number of methoxy groups -OCH3 is 2. The van der Waals surface area contributed by atoms with Gasteiger partial charge in [-0.25, -0.2) is 0 Å². The van der Waals surface area contributed by atoms with Gasteiger partial charge in [-0.1, -0.05) is 41.6 Å². The van der Waals surface area contributed by atoms with Gasteiger partial charge in [0.1, 0.15) is 11.5 Å². The first kappa shape index (κ1) is 20.5. The van der Waals surface area contributed by atoms with Crippen LogP contribution in [-0.4, -0.2) is 37.6 Å². The van der Waals surface area contributed by atoms with Crippen molar-refractivity contribution < 1.29 is 14.3 Å². The summed E-state index contributed by atoms with van der Waals surface area (Å²) in [6, 6.07) is 15.3. The molecule has 2 aliphatic heterocycles. The summed E-state index contributed by atoms with van der Waals surface area (Å²) in [5.74, 6) is 1.60. The number of hydrogen-bond acceptors (Lipinski definition) is 6. The molecule has 1 amide bonds. The van der Waals surface area contributed by atoms with E-state index >= 15 is 0 Å². The Morgan fingerprint density at radius 2 is 2.00 bits per heavy atom. The molecule has 0 aliphatic carbocycles. The number of carbonyl (C=O) groups excluding carboxylic acids is 1. The number of allylic oxidation sites excluding steroid dienone is 1. The van der Waals surface area contributed by atoms with Crippen LogP contribution < -0.4 is 14.4 Å². The monoisotopic (exact) mass is 441 g/mol. The van der Waals surface area contributed by atoms with E-state index in [1.54, 1.807) is 25.2 Å². The Morgan fingerprint density at radius 3 is 2.70 bits per heavy atom. The van der Waals surface area contributed by atoms with E-state index in [-0.39, 0.29) is 18.2 Å². The number of fused-ring (bicyclic) bond motifs is 1. The van der Waals surface area contributed by atoms with Gasteiger partial charge < -0.3 is 14.4 Å². The minimum absolute atomic E-state index is 0.0291. The van der Waals surface area contributed by atoms with Crippen LogP contribution in [0, 0.1) is 11.3 Å². The van der Waals surface area contributed by atoms with Crippen LogP contribution in [0.25, 0.3) is 0 Å². The number of amides is 1. The third-order valence-electron chi connectivity index (χ3n) is 5.30. The van der Waals surface area contributed by atoms with Crippen LogP contribution in [0.1, 0.15) is 17.9 Å². The lowest BCUT2D eigenvalue weighted by Crippen LogP contribution is -2.47. The number of nitrogens with zero attached hydrogens (tertiary/aromatic N) is 3. The molecule has 1 saturated heterocycles. The maximum absolute atomic E-state index is 13.1. The molecule has 30 heavy (non-hydrogen) atoms. The van der Waals surface area contributed by atoms with E-state index in [2.05, 4.69) is 11.0 Å². The zero-order valence-corrected chi connectivity index (χ0v) is 18.2. The predicted octanol–water partition coefficient (Wildman–Crippen LogP) is 4.58. The average Bonchev–Trinajstić information content (AvgIpc) is 2.78. The van der Waals surface area contributed by atoms with E-state index in [9.17, 15) is 10.1 Å². The molecule has 6 nitrogen and oxygen atoms in total. The molecule has 0 saturated carbocycles. The zero-order valence-electron chi connectivity index (χ0n) is 16.6. The van der Waals surface area contributed by atoms with Crippen LogP contribution in [0.3, 0.4) is 0 Å². The average molecular weight is 442 g/mol. The first-order valence-corrected chi connectivity index (χ1v) is 10.7. The maximum atomic E-state index is 13.1. The molecule has 0 bridgehead atoms. The van der Waals surface area contributed by atoms with E-state index in [1.165, 1.54) is 11.8 Å². The largest absolute Gasteiger partial charge is 0.497 e. The summed E-state index contributed by atoms with van der Waals surface area (Å²) in [6.07, 6.45) is 0.213. The van der Waals surface area contributed by atoms with Crippen molar-refractivity contribution in [2.75, 3.05) is 31.7 Å². The SMILES string of the molecule is COc1ccc(N2CSC3=C(C#N)C(c4ccccc4Cl)CC(=O)N3C2)c(OC)c1. The molecule has 0 spiro atoms. The van der Waals surface area contributed by atoms with Gasteiger partial charge in [-0.15, -0.1) is 0 Å². The highest BCUT2D eigenvalue weighted by Crippen LogP contribution is 2.45. The van der Waals surface area contributed by atoms with Crippen LogP contribution in [0.4, 0.5) is 5.69 Å². The standard InChI is InChI=1S/C22H20ClN3O3S/c1-28-14-7-8-19(20(9-14)29-2)25-12-26-21(27)10-16(15-5-3-4-6-18(15)23)17(11-24)22(26)30-13-25/h3-9,16H,10,12-13H2,1-2H3. The smallest absolute Gasteiger partial charge is 0.229 e. The number of halogens is 1. The Bertz CT molecular complexity index is 1070. The number of hydrogen-bond donors (Lipinski definition) is 0. The highest BCUT2D eigenvalue weighted by atomic mass is 35.5. The van der Waals surface area contributed by atoms with Gasteiger partial charge in [-0.3, -0.25) is 9.69 Å². The van der Waals surface area contributed by atoms with Crippen molar-refractivity contribution in [3.63, 3.8) is 0 Å². The predicted molar refractivity (Wildman–Crippen MR) is 118 cm³/mol. The summed E-state index contributed by atoms with van der Waals surface area (Å²) < 4.78 is 10.8. The number of anilines is 1. The van der Waals surface area contributed by atoms with Gasteiger partial charge in [-0.05, 0) is 23.8 Å². The molecule has 1 atom stereocenters. The van der Waals surface area contributed by atoms with E-state index in [4.69, 9.17) is 21.1 Å². The molecule has 2 heterocycles. The van der Waals surface area contributed by atoms with Crippen LogP contribution in [0.2, 0.25) is 5.02 Å². The lowest BCUT2D eigenvalue weighted by atomic mass is 9.86. The van der Waals surface area contributed by atoms with E-state index in [1.807, 2.05) is 36.4 Å². The van der Waals surface area contributed by atoms with Crippen molar-refractivity contribution in [2.24, 2.45) is 0 Å². The lowest BCUT2D eigenvalue weighted by molar-refractivity contribution is -0.129. The van der Waals surface area contributed by atoms with Gasteiger partial charge in [0.2, 0.25) is 5.91 Å². The number of thioether (sulfide) groups is 1. The van der Waals surface area contributed by atoms with Crippen LogP contribution >= 0.6 is 23.4 Å².